The van der Waals surface area contributed by atoms with E-state index >= 15 is 0 Å². The van der Waals surface area contributed by atoms with Gasteiger partial charge in [0, 0.05) is 19.8 Å². The van der Waals surface area contributed by atoms with Gasteiger partial charge in [-0.2, -0.15) is 0 Å². The number of nitrogens with zero attached hydrogens (tertiary/aromatic N) is 2. The summed E-state index contributed by atoms with van der Waals surface area (Å²) in [5, 5.41) is 2.73. The van der Waals surface area contributed by atoms with Gasteiger partial charge in [0.15, 0.2) is 0 Å². The Balaban J connectivity index is 2.40. The van der Waals surface area contributed by atoms with Crippen LogP contribution in [0.25, 0.3) is 0 Å². The van der Waals surface area contributed by atoms with Gasteiger partial charge in [-0.25, -0.2) is 4.79 Å². The van der Waals surface area contributed by atoms with Crippen molar-refractivity contribution in [1.29, 1.82) is 0 Å². The third-order valence-corrected chi connectivity index (χ3v) is 1.91. The summed E-state index contributed by atoms with van der Waals surface area (Å²) < 4.78 is 0. The second-order valence-electron chi connectivity index (χ2n) is 2.82. The lowest BCUT2D eigenvalue weighted by Gasteiger charge is -2.25. The minimum atomic E-state index is -0.0736. The van der Waals surface area contributed by atoms with Crippen LogP contribution in [0.3, 0.4) is 0 Å². The fraction of sp³-hybridized carbons (Fsp3) is 0.250. The predicted octanol–water partition coefficient (Wildman–Crippen LogP) is 1.06. The van der Waals surface area contributed by atoms with E-state index in [1.807, 2.05) is 6.07 Å². The molecule has 0 spiro atoms. The number of pyridine rings is 1. The van der Waals surface area contributed by atoms with Gasteiger partial charge in [0.1, 0.15) is 0 Å². The van der Waals surface area contributed by atoms with Crippen LogP contribution in [-0.2, 0) is 6.54 Å². The molecule has 0 saturated carbocycles. The maximum atomic E-state index is 11.1. The van der Waals surface area contributed by atoms with E-state index in [0.717, 1.165) is 11.3 Å². The highest BCUT2D eigenvalue weighted by atomic mass is 16.2. The van der Waals surface area contributed by atoms with Crippen molar-refractivity contribution in [3.63, 3.8) is 0 Å². The summed E-state index contributed by atoms with van der Waals surface area (Å²) in [6.07, 6.45) is 3.39. The zero-order valence-corrected chi connectivity index (χ0v) is 6.74. The number of amides is 2. The molecule has 4 heteroatoms. The van der Waals surface area contributed by atoms with Crippen molar-refractivity contribution in [2.24, 2.45) is 0 Å². The van der Waals surface area contributed by atoms with Crippen LogP contribution >= 0.6 is 0 Å². The summed E-state index contributed by atoms with van der Waals surface area (Å²) in [7, 11) is 1.76. The first-order valence-corrected chi connectivity index (χ1v) is 3.72. The van der Waals surface area contributed by atoms with E-state index in [-0.39, 0.29) is 6.03 Å². The maximum Gasteiger partial charge on any atom is 0.321 e. The lowest BCUT2D eigenvalue weighted by Crippen LogP contribution is -2.35. The normalized spacial score (nSPS) is 15.4. The molecule has 1 aliphatic rings. The molecule has 62 valence electrons. The zero-order valence-electron chi connectivity index (χ0n) is 6.74. The molecule has 1 aromatic heterocycles. The highest BCUT2D eigenvalue weighted by Gasteiger charge is 2.18. The van der Waals surface area contributed by atoms with Crippen molar-refractivity contribution in [2.75, 3.05) is 12.4 Å². The molecule has 0 radical (unpaired) electrons. The summed E-state index contributed by atoms with van der Waals surface area (Å²) in [5.74, 6) is 0. The molecule has 12 heavy (non-hydrogen) atoms. The van der Waals surface area contributed by atoms with Crippen LogP contribution in [0.1, 0.15) is 5.56 Å². The molecule has 0 saturated heterocycles. The zero-order chi connectivity index (χ0) is 8.55. The Morgan fingerprint density at radius 3 is 3.33 bits per heavy atom. The van der Waals surface area contributed by atoms with Crippen molar-refractivity contribution in [3.05, 3.63) is 24.0 Å². The average molecular weight is 163 g/mol. The SMILES string of the molecule is CN1Cc2ccncc2NC1=O. The second kappa shape index (κ2) is 2.48. The fourth-order valence-electron chi connectivity index (χ4n) is 1.21. The summed E-state index contributed by atoms with van der Waals surface area (Å²) in [6.45, 7) is 0.656. The first kappa shape index (κ1) is 7.09. The highest BCUT2D eigenvalue weighted by molar-refractivity contribution is 5.91. The molecule has 2 rings (SSSR count). The number of urea groups is 1. The van der Waals surface area contributed by atoms with Crippen molar-refractivity contribution >= 4 is 11.7 Å². The second-order valence-corrected chi connectivity index (χ2v) is 2.82. The Hall–Kier alpha value is -1.58. The Morgan fingerprint density at radius 2 is 2.50 bits per heavy atom. The molecule has 2 heterocycles. The molecule has 2 amide bonds. The molecule has 0 aliphatic carbocycles. The van der Waals surface area contributed by atoms with Crippen LogP contribution in [0, 0.1) is 0 Å². The number of anilines is 1. The minimum Gasteiger partial charge on any atom is -0.323 e. The molecule has 1 aliphatic heterocycles. The van der Waals surface area contributed by atoms with Gasteiger partial charge in [-0.3, -0.25) is 4.98 Å². The van der Waals surface area contributed by atoms with Crippen molar-refractivity contribution in [2.45, 2.75) is 6.54 Å². The van der Waals surface area contributed by atoms with Gasteiger partial charge in [0.25, 0.3) is 0 Å². The van der Waals surface area contributed by atoms with E-state index in [9.17, 15) is 4.79 Å². The Morgan fingerprint density at radius 1 is 1.67 bits per heavy atom. The standard InChI is InChI=1S/C8H9N3O/c1-11-5-6-2-3-9-4-7(6)10-8(11)12/h2-4H,5H2,1H3,(H,10,12). The fourth-order valence-corrected chi connectivity index (χ4v) is 1.21. The van der Waals surface area contributed by atoms with Gasteiger partial charge in [-0.15, -0.1) is 0 Å². The van der Waals surface area contributed by atoms with Crippen molar-refractivity contribution < 1.29 is 4.79 Å². The number of carbonyl (C=O) groups is 1. The van der Waals surface area contributed by atoms with Crippen molar-refractivity contribution in [1.82, 2.24) is 9.88 Å². The predicted molar refractivity (Wildman–Crippen MR) is 44.7 cm³/mol. The number of fused-ring (bicyclic) bond motifs is 1. The van der Waals surface area contributed by atoms with Gasteiger partial charge in [0.05, 0.1) is 11.9 Å². The molecule has 0 fully saturated rings. The van der Waals surface area contributed by atoms with Crippen LogP contribution in [0.2, 0.25) is 0 Å². The summed E-state index contributed by atoms with van der Waals surface area (Å²) in [4.78, 5) is 16.7. The van der Waals surface area contributed by atoms with Gasteiger partial charge in [0.2, 0.25) is 0 Å². The first-order valence-electron chi connectivity index (χ1n) is 3.72. The van der Waals surface area contributed by atoms with E-state index in [0.29, 0.717) is 6.54 Å². The average Bonchev–Trinajstić information content (AvgIpc) is 2.07. The summed E-state index contributed by atoms with van der Waals surface area (Å²) in [6, 6.07) is 1.83. The number of hydrogen-bond acceptors (Lipinski definition) is 2. The molecule has 0 bridgehead atoms. The summed E-state index contributed by atoms with van der Waals surface area (Å²) >= 11 is 0. The summed E-state index contributed by atoms with van der Waals surface area (Å²) in [5.41, 5.74) is 1.92. The van der Waals surface area contributed by atoms with E-state index in [1.54, 1.807) is 24.3 Å². The van der Waals surface area contributed by atoms with Gasteiger partial charge in [-0.05, 0) is 11.6 Å². The Bertz CT molecular complexity index is 324. The van der Waals surface area contributed by atoms with E-state index in [1.165, 1.54) is 0 Å². The Kier molecular flexibility index (Phi) is 1.46. The highest BCUT2D eigenvalue weighted by Crippen LogP contribution is 2.19. The lowest BCUT2D eigenvalue weighted by molar-refractivity contribution is 0.218. The molecule has 4 nitrogen and oxygen atoms in total. The maximum absolute atomic E-state index is 11.1. The van der Waals surface area contributed by atoms with Crippen LogP contribution in [0.4, 0.5) is 10.5 Å². The molecular weight excluding hydrogens is 154 g/mol. The molecule has 1 aromatic rings. The molecule has 0 atom stereocenters. The minimum absolute atomic E-state index is 0.0736. The van der Waals surface area contributed by atoms with Gasteiger partial charge >= 0.3 is 6.03 Å². The number of aromatic nitrogens is 1. The van der Waals surface area contributed by atoms with Gasteiger partial charge in [-0.1, -0.05) is 0 Å². The van der Waals surface area contributed by atoms with Crippen LogP contribution in [0.5, 0.6) is 0 Å². The topological polar surface area (TPSA) is 45.2 Å². The van der Waals surface area contributed by atoms with E-state index < -0.39 is 0 Å². The van der Waals surface area contributed by atoms with Gasteiger partial charge < -0.3 is 10.2 Å². The van der Waals surface area contributed by atoms with E-state index in [2.05, 4.69) is 10.3 Å². The molecule has 0 unspecified atom stereocenters. The largest absolute Gasteiger partial charge is 0.323 e. The number of hydrogen-bond donors (Lipinski definition) is 1. The quantitative estimate of drug-likeness (QED) is 0.621. The number of nitrogens with one attached hydrogen (secondary N) is 1. The van der Waals surface area contributed by atoms with Crippen LogP contribution in [0.15, 0.2) is 18.5 Å². The number of carbonyl (C=O) groups excluding carboxylic acids is 1. The van der Waals surface area contributed by atoms with E-state index in [4.69, 9.17) is 0 Å². The van der Waals surface area contributed by atoms with Crippen molar-refractivity contribution in [3.8, 4) is 0 Å². The monoisotopic (exact) mass is 163 g/mol. The Labute approximate surface area is 70.2 Å². The smallest absolute Gasteiger partial charge is 0.321 e. The molecule has 0 aromatic carbocycles. The van der Waals surface area contributed by atoms with Crippen LogP contribution < -0.4 is 5.32 Å². The molecular formula is C8H9N3O. The third-order valence-electron chi connectivity index (χ3n) is 1.91. The third kappa shape index (κ3) is 1.01. The number of rotatable bonds is 0. The van der Waals surface area contributed by atoms with Crippen LogP contribution in [-0.4, -0.2) is 23.0 Å². The molecule has 1 N–H and O–H groups in total. The lowest BCUT2D eigenvalue weighted by atomic mass is 10.2. The first-order chi connectivity index (χ1) is 5.77.